The van der Waals surface area contributed by atoms with Crippen LogP contribution in [0.5, 0.6) is 0 Å². The van der Waals surface area contributed by atoms with E-state index in [1.54, 1.807) is 19.1 Å². The monoisotopic (exact) mass is 628 g/mol. The lowest BCUT2D eigenvalue weighted by Gasteiger charge is -2.19. The van der Waals surface area contributed by atoms with E-state index in [2.05, 4.69) is 25.6 Å². The summed E-state index contributed by atoms with van der Waals surface area (Å²) in [6, 6.07) is 9.03. The molecule has 0 bridgehead atoms. The molecule has 0 saturated carbocycles. The van der Waals surface area contributed by atoms with Gasteiger partial charge in [0.2, 0.25) is 0 Å². The van der Waals surface area contributed by atoms with Gasteiger partial charge >= 0.3 is 13.3 Å². The van der Waals surface area contributed by atoms with Gasteiger partial charge in [-0.2, -0.15) is 11.8 Å². The first-order valence-electron chi connectivity index (χ1n) is 16.8. The summed E-state index contributed by atoms with van der Waals surface area (Å²) in [4.78, 5) is 22.1. The molecule has 42 heavy (non-hydrogen) atoms. The summed E-state index contributed by atoms with van der Waals surface area (Å²) in [5.41, 5.74) is -0.496. The summed E-state index contributed by atoms with van der Waals surface area (Å²) in [7, 11) is -4.53. The molecule has 0 heterocycles. The molecule has 0 saturated heterocycles. The first-order chi connectivity index (χ1) is 20.4. The van der Waals surface area contributed by atoms with Crippen molar-refractivity contribution in [3.05, 3.63) is 35.9 Å². The maximum Gasteiger partial charge on any atom is 0.435 e. The van der Waals surface area contributed by atoms with Gasteiger partial charge in [0.1, 0.15) is 6.61 Å². The molecular weight excluding hydrogens is 567 g/mol. The number of ether oxygens (including phenoxy) is 2. The molecule has 244 valence electrons. The molecule has 0 spiro atoms. The van der Waals surface area contributed by atoms with E-state index in [4.69, 9.17) is 14.0 Å². The van der Waals surface area contributed by atoms with Gasteiger partial charge in [0.05, 0.1) is 12.7 Å². The maximum atomic E-state index is 12.3. The zero-order chi connectivity index (χ0) is 30.7. The van der Waals surface area contributed by atoms with Gasteiger partial charge in [-0.3, -0.25) is 4.52 Å². The normalized spacial score (nSPS) is 14.4. The molecule has 3 unspecified atom stereocenters. The van der Waals surface area contributed by atoms with Crippen LogP contribution in [-0.2, 0) is 25.2 Å². The number of benzene rings is 1. The third-order valence-electron chi connectivity index (χ3n) is 7.49. The van der Waals surface area contributed by atoms with Gasteiger partial charge in [0, 0.05) is 11.9 Å². The molecule has 1 rings (SSSR count). The number of unbranched alkanes of at least 4 members (excludes halogenated alkanes) is 14. The highest BCUT2D eigenvalue weighted by Gasteiger charge is 2.33. The minimum Gasteiger partial charge on any atom is -0.452 e. The number of thioether (sulfide) groups is 1. The van der Waals surface area contributed by atoms with E-state index in [9.17, 15) is 14.3 Å². The molecule has 1 aromatic rings. The zero-order valence-electron chi connectivity index (χ0n) is 26.9. The standard InChI is InChI=1S/C34H61O6PS/c1-4-6-8-10-11-12-13-14-15-17-22-28-42-33(25-21-16-9-7-5-2)26-27-38-31(3)29-40-41(36,37)34(35)39-30-32-23-19-18-20-24-32/h18-20,23-24,31,33H,4-17,21-22,25-30H2,1-3H3,(H,36,37). The van der Waals surface area contributed by atoms with E-state index in [-0.39, 0.29) is 13.2 Å². The topological polar surface area (TPSA) is 82.1 Å². The van der Waals surface area contributed by atoms with Crippen LogP contribution in [-0.4, -0.2) is 40.9 Å². The molecule has 0 aliphatic carbocycles. The highest BCUT2D eigenvalue weighted by molar-refractivity contribution is 7.99. The fourth-order valence-electron chi connectivity index (χ4n) is 4.81. The highest BCUT2D eigenvalue weighted by Crippen LogP contribution is 2.44. The molecule has 0 aromatic heterocycles. The van der Waals surface area contributed by atoms with Crippen molar-refractivity contribution in [1.82, 2.24) is 0 Å². The number of hydrogen-bond acceptors (Lipinski definition) is 6. The summed E-state index contributed by atoms with van der Waals surface area (Å²) in [5, 5.41) is 0.569. The van der Waals surface area contributed by atoms with Crippen LogP contribution in [0.25, 0.3) is 0 Å². The van der Waals surface area contributed by atoms with Gasteiger partial charge in [-0.1, -0.05) is 140 Å². The smallest absolute Gasteiger partial charge is 0.435 e. The number of carbonyl (C=O) groups is 1. The van der Waals surface area contributed by atoms with Crippen LogP contribution in [0.1, 0.15) is 142 Å². The molecule has 0 fully saturated rings. The van der Waals surface area contributed by atoms with E-state index in [0.29, 0.717) is 11.9 Å². The van der Waals surface area contributed by atoms with Gasteiger partial charge in [-0.25, -0.2) is 9.36 Å². The molecule has 3 atom stereocenters. The predicted molar refractivity (Wildman–Crippen MR) is 179 cm³/mol. The fraction of sp³-hybridized carbons (Fsp3) is 0.794. The van der Waals surface area contributed by atoms with Crippen molar-refractivity contribution in [1.29, 1.82) is 0 Å². The second-order valence-corrected chi connectivity index (χ2v) is 14.6. The average Bonchev–Trinajstić information content (AvgIpc) is 2.99. The first kappa shape index (κ1) is 39.2. The summed E-state index contributed by atoms with van der Waals surface area (Å²) in [6.07, 6.45) is 23.3. The number of rotatable bonds is 29. The van der Waals surface area contributed by atoms with E-state index in [1.807, 2.05) is 18.2 Å². The molecule has 8 heteroatoms. The van der Waals surface area contributed by atoms with Crippen LogP contribution in [0.4, 0.5) is 4.79 Å². The van der Waals surface area contributed by atoms with Crippen molar-refractivity contribution in [3.8, 4) is 0 Å². The fourth-order valence-corrected chi connectivity index (χ4v) is 6.86. The quantitative estimate of drug-likeness (QED) is 0.0698. The summed E-state index contributed by atoms with van der Waals surface area (Å²) in [5.74, 6) is 1.20. The lowest BCUT2D eigenvalue weighted by atomic mass is 10.1. The minimum atomic E-state index is -4.53. The summed E-state index contributed by atoms with van der Waals surface area (Å²) in [6.45, 7) is 6.68. The molecule has 1 N–H and O–H groups in total. The third-order valence-corrected chi connectivity index (χ3v) is 10.1. The Morgan fingerprint density at radius 3 is 1.95 bits per heavy atom. The largest absolute Gasteiger partial charge is 0.452 e. The van der Waals surface area contributed by atoms with Crippen LogP contribution >= 0.6 is 19.4 Å². The van der Waals surface area contributed by atoms with Crippen LogP contribution in [0.3, 0.4) is 0 Å². The van der Waals surface area contributed by atoms with E-state index >= 15 is 0 Å². The van der Waals surface area contributed by atoms with Crippen molar-refractivity contribution in [2.24, 2.45) is 0 Å². The second kappa shape index (κ2) is 26.5. The summed E-state index contributed by atoms with van der Waals surface area (Å²) < 4.78 is 28.3. The average molecular weight is 629 g/mol. The Balaban J connectivity index is 2.26. The molecule has 0 aliphatic heterocycles. The minimum absolute atomic E-state index is 0.0731. The van der Waals surface area contributed by atoms with Gasteiger partial charge in [-0.05, 0) is 37.5 Å². The van der Waals surface area contributed by atoms with Crippen LogP contribution in [0.2, 0.25) is 0 Å². The van der Waals surface area contributed by atoms with Crippen molar-refractivity contribution >= 4 is 25.1 Å². The van der Waals surface area contributed by atoms with Crippen LogP contribution in [0, 0.1) is 0 Å². The molecule has 0 amide bonds. The first-order valence-corrected chi connectivity index (χ1v) is 19.4. The maximum absolute atomic E-state index is 12.3. The Morgan fingerprint density at radius 1 is 0.810 bits per heavy atom. The van der Waals surface area contributed by atoms with Crippen molar-refractivity contribution in [2.45, 2.75) is 154 Å². The predicted octanol–water partition coefficient (Wildman–Crippen LogP) is 11.1. The van der Waals surface area contributed by atoms with E-state index < -0.39 is 19.4 Å². The molecular formula is C34H61O6PS. The second-order valence-electron chi connectivity index (χ2n) is 11.6. The van der Waals surface area contributed by atoms with Crippen LogP contribution in [0.15, 0.2) is 30.3 Å². The molecule has 0 radical (unpaired) electrons. The number of carbonyl (C=O) groups excluding carboxylic acids is 1. The Morgan fingerprint density at radius 2 is 1.36 bits per heavy atom. The van der Waals surface area contributed by atoms with Gasteiger partial charge in [0.15, 0.2) is 0 Å². The lowest BCUT2D eigenvalue weighted by molar-refractivity contribution is 0.0274. The Kier molecular flexibility index (Phi) is 24.8. The van der Waals surface area contributed by atoms with Crippen LogP contribution < -0.4 is 0 Å². The van der Waals surface area contributed by atoms with E-state index in [0.717, 1.165) is 12.0 Å². The van der Waals surface area contributed by atoms with Crippen molar-refractivity contribution in [2.75, 3.05) is 19.0 Å². The number of hydrogen-bond donors (Lipinski definition) is 1. The van der Waals surface area contributed by atoms with Gasteiger partial charge in [0.25, 0.3) is 0 Å². The Labute approximate surface area is 262 Å². The van der Waals surface area contributed by atoms with E-state index in [1.165, 1.54) is 115 Å². The molecule has 6 nitrogen and oxygen atoms in total. The Hall–Kier alpha value is -0.850. The zero-order valence-corrected chi connectivity index (χ0v) is 28.7. The van der Waals surface area contributed by atoms with Gasteiger partial charge in [-0.15, -0.1) is 0 Å². The third kappa shape index (κ3) is 21.8. The molecule has 0 aliphatic rings. The molecule has 1 aromatic carbocycles. The lowest BCUT2D eigenvalue weighted by Crippen LogP contribution is -2.19. The Bertz CT molecular complexity index is 808. The highest BCUT2D eigenvalue weighted by atomic mass is 32.2. The summed E-state index contributed by atoms with van der Waals surface area (Å²) >= 11 is 2.08. The van der Waals surface area contributed by atoms with Gasteiger partial charge < -0.3 is 14.4 Å². The van der Waals surface area contributed by atoms with Crippen molar-refractivity contribution < 1.29 is 28.3 Å². The SMILES string of the molecule is CCCCCCCCCCCCCSC(CCCCCCC)CCOC(C)COP(=O)(O)C(=O)OCc1ccccc1. The van der Waals surface area contributed by atoms with Crippen molar-refractivity contribution in [3.63, 3.8) is 0 Å².